The molecule has 6 rings (SSSR count). The number of fused-ring (bicyclic) bond motifs is 4. The Morgan fingerprint density at radius 1 is 0.833 bits per heavy atom. The van der Waals surface area contributed by atoms with Gasteiger partial charge in [-0.2, -0.15) is 24.5 Å². The molecule has 2 aromatic heterocycles. The van der Waals surface area contributed by atoms with Gasteiger partial charge in [0.05, 0.1) is 11.3 Å². The number of hydrogen-bond donors (Lipinski definition) is 1. The number of aromatic nitrogens is 1. The number of carbonyl (C=O) groups is 1. The van der Waals surface area contributed by atoms with Crippen molar-refractivity contribution in [2.45, 2.75) is 86.7 Å². The average Bonchev–Trinajstić information content (AvgIpc) is 3.48. The van der Waals surface area contributed by atoms with E-state index in [9.17, 15) is 23.1 Å². The number of hydrogen-bond acceptors (Lipinski definition) is 4. The second-order valence-corrected chi connectivity index (χ2v) is 16.0. The van der Waals surface area contributed by atoms with E-state index in [4.69, 9.17) is 0 Å². The van der Waals surface area contributed by atoms with Crippen molar-refractivity contribution in [3.05, 3.63) is 114 Å². The van der Waals surface area contributed by atoms with Gasteiger partial charge in [0.25, 0.3) is 0 Å². The van der Waals surface area contributed by atoms with Crippen LogP contribution in [0.2, 0.25) is 0 Å². The van der Waals surface area contributed by atoms with Gasteiger partial charge in [-0.05, 0) is 64.5 Å². The Labute approximate surface area is 335 Å². The van der Waals surface area contributed by atoms with Gasteiger partial charge < -0.3 is 5.11 Å². The number of benzene rings is 4. The number of aliphatic hydroxyl groups is 1. The maximum Gasteiger partial charge on any atom is 0.418 e. The van der Waals surface area contributed by atoms with Crippen molar-refractivity contribution in [3.63, 3.8) is 0 Å². The van der Waals surface area contributed by atoms with Crippen molar-refractivity contribution in [2.24, 2.45) is 17.3 Å². The van der Waals surface area contributed by atoms with Crippen molar-refractivity contribution >= 4 is 48.2 Å². The first-order chi connectivity index (χ1) is 25.2. The molecule has 2 heterocycles. The summed E-state index contributed by atoms with van der Waals surface area (Å²) in [5.41, 5.74) is 3.99. The van der Waals surface area contributed by atoms with Crippen LogP contribution in [0.4, 0.5) is 13.2 Å². The normalized spacial score (nSPS) is 12.3. The summed E-state index contributed by atoms with van der Waals surface area (Å²) in [4.78, 5) is 16.0. The fourth-order valence-electron chi connectivity index (χ4n) is 6.82. The van der Waals surface area contributed by atoms with Gasteiger partial charge in [0, 0.05) is 60.0 Å². The molecule has 0 aliphatic rings. The number of alkyl halides is 3. The van der Waals surface area contributed by atoms with Gasteiger partial charge in [-0.15, -0.1) is 23.6 Å². The summed E-state index contributed by atoms with van der Waals surface area (Å²) in [6.45, 7) is 14.7. The maximum atomic E-state index is 14.2. The molecule has 0 spiro atoms. The van der Waals surface area contributed by atoms with Gasteiger partial charge in [0.2, 0.25) is 0 Å². The van der Waals surface area contributed by atoms with Crippen LogP contribution in [0.5, 0.6) is 0 Å². The number of aliphatic hydroxyl groups excluding tert-OH is 1. The Morgan fingerprint density at radius 2 is 1.39 bits per heavy atom. The summed E-state index contributed by atoms with van der Waals surface area (Å²) in [5.74, 6) is 0.547. The van der Waals surface area contributed by atoms with E-state index in [1.54, 1.807) is 12.1 Å². The van der Waals surface area contributed by atoms with Crippen molar-refractivity contribution < 1.29 is 43.2 Å². The zero-order chi connectivity index (χ0) is 38.5. The van der Waals surface area contributed by atoms with E-state index in [1.165, 1.54) is 23.0 Å². The molecule has 0 saturated carbocycles. The Bertz CT molecular complexity index is 2210. The SMILES string of the molecule is CC(C)(C)Cc1ccc(-c2ccc(-c3c(C(F)(F)F)cnc4c3sc3cc5ccccc5[c-]c34)cc2)cc1.CCC(CC)C(=O)/C=C(\O)C(CC)CC.[Ir]. The molecule has 0 saturated heterocycles. The Hall–Kier alpha value is -3.84. The first-order valence-electron chi connectivity index (χ1n) is 18.5. The summed E-state index contributed by atoms with van der Waals surface area (Å²) in [7, 11) is 0. The van der Waals surface area contributed by atoms with Crippen molar-refractivity contribution in [3.8, 4) is 22.3 Å². The number of allylic oxidation sites excluding steroid dienone is 2. The molecule has 0 aliphatic carbocycles. The molecule has 0 fully saturated rings. The molecule has 8 heteroatoms. The minimum Gasteiger partial charge on any atom is -0.512 e. The number of rotatable bonds is 10. The van der Waals surface area contributed by atoms with Crippen LogP contribution >= 0.6 is 11.3 Å². The van der Waals surface area contributed by atoms with E-state index >= 15 is 0 Å². The third-order valence-electron chi connectivity index (χ3n) is 9.82. The smallest absolute Gasteiger partial charge is 0.418 e. The van der Waals surface area contributed by atoms with Crippen LogP contribution in [0.3, 0.4) is 0 Å². The van der Waals surface area contributed by atoms with E-state index in [2.05, 4.69) is 56.1 Å². The number of ketones is 1. The minimum atomic E-state index is -4.53. The van der Waals surface area contributed by atoms with E-state index in [0.29, 0.717) is 15.8 Å². The average molecular weight is 929 g/mol. The molecule has 0 amide bonds. The van der Waals surface area contributed by atoms with Crippen molar-refractivity contribution in [2.75, 3.05) is 0 Å². The molecule has 6 aromatic rings. The number of halogens is 3. The molecule has 4 aromatic carbocycles. The second kappa shape index (κ2) is 18.2. The standard InChI is InChI=1S/C33H25F3NS.C13H24O2.Ir/c1-32(2,3)18-20-8-10-21(11-9-20)22-12-14-23(15-13-22)29-27(33(34,35)36)19-37-30-26-16-24-6-4-5-7-25(24)17-28(26)38-31(29)30;1-5-10(6-2)12(14)9-13(15)11(7-3)8-4;/h4-15,17,19H,18H2,1-3H3;9-11,14H,5-8H2,1-4H3;/q-1;;/b;12-9-;. The molecular weight excluding hydrogens is 880 g/mol. The summed E-state index contributed by atoms with van der Waals surface area (Å²) < 4.78 is 44.0. The van der Waals surface area contributed by atoms with E-state index in [0.717, 1.165) is 70.3 Å². The monoisotopic (exact) mass is 929 g/mol. The zero-order valence-electron chi connectivity index (χ0n) is 32.0. The summed E-state index contributed by atoms with van der Waals surface area (Å²) in [6, 6.07) is 29.0. The predicted octanol–water partition coefficient (Wildman–Crippen LogP) is 14.2. The predicted molar refractivity (Wildman–Crippen MR) is 216 cm³/mol. The van der Waals surface area contributed by atoms with Crippen LogP contribution < -0.4 is 0 Å². The first-order valence-corrected chi connectivity index (χ1v) is 19.4. The summed E-state index contributed by atoms with van der Waals surface area (Å²) in [6.07, 6.45) is 2.33. The zero-order valence-corrected chi connectivity index (χ0v) is 35.2. The molecule has 0 bridgehead atoms. The quantitative estimate of drug-likeness (QED) is 0.0846. The molecule has 287 valence electrons. The van der Waals surface area contributed by atoms with Gasteiger partial charge in [0.15, 0.2) is 5.78 Å². The number of carbonyl (C=O) groups excluding carboxylic acids is 1. The number of thiophene rings is 1. The maximum absolute atomic E-state index is 14.2. The molecule has 0 unspecified atom stereocenters. The van der Waals surface area contributed by atoms with Gasteiger partial charge in [-0.3, -0.25) is 9.78 Å². The van der Waals surface area contributed by atoms with E-state index < -0.39 is 11.7 Å². The molecular formula is C46H49F3IrNO2S-. The molecule has 0 atom stereocenters. The molecule has 1 N–H and O–H groups in total. The van der Waals surface area contributed by atoms with Crippen LogP contribution in [0.15, 0.2) is 96.9 Å². The van der Waals surface area contributed by atoms with Crippen molar-refractivity contribution in [1.82, 2.24) is 4.98 Å². The molecule has 54 heavy (non-hydrogen) atoms. The number of nitrogens with zero attached hydrogens (tertiary/aromatic N) is 1. The molecule has 0 aliphatic heterocycles. The molecule has 1 radical (unpaired) electrons. The first kappa shape index (κ1) is 42.9. The van der Waals surface area contributed by atoms with E-state index in [1.807, 2.05) is 70.2 Å². The van der Waals surface area contributed by atoms with Crippen LogP contribution in [0, 0.1) is 23.3 Å². The van der Waals surface area contributed by atoms with Gasteiger partial charge in [-0.1, -0.05) is 126 Å². The Morgan fingerprint density at radius 3 is 1.94 bits per heavy atom. The van der Waals surface area contributed by atoms with Crippen molar-refractivity contribution in [1.29, 1.82) is 0 Å². The van der Waals surface area contributed by atoms with Gasteiger partial charge in [0.1, 0.15) is 0 Å². The van der Waals surface area contributed by atoms with Crippen LogP contribution in [-0.4, -0.2) is 15.9 Å². The molecule has 3 nitrogen and oxygen atoms in total. The second-order valence-electron chi connectivity index (χ2n) is 14.9. The fraction of sp³-hybridized carbons (Fsp3) is 0.348. The van der Waals surface area contributed by atoms with Gasteiger partial charge >= 0.3 is 6.18 Å². The van der Waals surface area contributed by atoms with E-state index in [-0.39, 0.29) is 54.5 Å². The number of pyridine rings is 1. The topological polar surface area (TPSA) is 50.2 Å². The summed E-state index contributed by atoms with van der Waals surface area (Å²) >= 11 is 1.34. The van der Waals surface area contributed by atoms with Crippen LogP contribution in [0.1, 0.15) is 85.3 Å². The summed E-state index contributed by atoms with van der Waals surface area (Å²) in [5, 5.41) is 12.4. The van der Waals surface area contributed by atoms with Crippen LogP contribution in [-0.2, 0) is 37.5 Å². The minimum absolute atomic E-state index is 0. The Balaban J connectivity index is 0.000000347. The third kappa shape index (κ3) is 10.1. The fourth-order valence-corrected chi connectivity index (χ4v) is 8.06. The van der Waals surface area contributed by atoms with Crippen LogP contribution in [0.25, 0.3) is 53.3 Å². The third-order valence-corrected chi connectivity index (χ3v) is 11.0. The van der Waals surface area contributed by atoms with Gasteiger partial charge in [-0.25, -0.2) is 0 Å². The Kier molecular flexibility index (Phi) is 14.5. The largest absolute Gasteiger partial charge is 0.512 e.